The SMILES string of the molecule is O=C(CN1CCC[C@H](NS(=O)(=O)C=Cc2ccc(Cl)s2)C1=O)N1CCC(c2cccnc2)C1. The second kappa shape index (κ2) is 10.3. The number of aromatic nitrogens is 1. The number of hydrogen-bond acceptors (Lipinski definition) is 6. The number of carbonyl (C=O) groups is 2. The number of nitrogens with one attached hydrogen (secondary N) is 1. The Bertz CT molecular complexity index is 1140. The van der Waals surface area contributed by atoms with Crippen LogP contribution >= 0.6 is 22.9 Å². The van der Waals surface area contributed by atoms with Gasteiger partial charge in [-0.3, -0.25) is 14.6 Å². The van der Waals surface area contributed by atoms with Crippen molar-refractivity contribution in [2.45, 2.75) is 31.2 Å². The van der Waals surface area contributed by atoms with Crippen molar-refractivity contribution in [3.05, 3.63) is 56.8 Å². The molecule has 2 aliphatic heterocycles. The number of hydrogen-bond donors (Lipinski definition) is 1. The predicted octanol–water partition coefficient (Wildman–Crippen LogP) is 2.69. The number of sulfonamides is 1. The highest BCUT2D eigenvalue weighted by Crippen LogP contribution is 2.27. The molecule has 11 heteroatoms. The van der Waals surface area contributed by atoms with Crippen LogP contribution in [0.1, 0.15) is 35.6 Å². The molecule has 1 N–H and O–H groups in total. The summed E-state index contributed by atoms with van der Waals surface area (Å²) < 4.78 is 27.9. The normalized spacial score (nSPS) is 21.8. The van der Waals surface area contributed by atoms with Gasteiger partial charge in [-0.15, -0.1) is 11.3 Å². The van der Waals surface area contributed by atoms with Crippen LogP contribution in [-0.4, -0.2) is 67.2 Å². The van der Waals surface area contributed by atoms with E-state index in [-0.39, 0.29) is 24.3 Å². The predicted molar refractivity (Wildman–Crippen MR) is 128 cm³/mol. The van der Waals surface area contributed by atoms with Crippen LogP contribution in [0.5, 0.6) is 0 Å². The summed E-state index contributed by atoms with van der Waals surface area (Å²) in [5.41, 5.74) is 1.11. The Morgan fingerprint density at radius 1 is 1.27 bits per heavy atom. The molecular formula is C22H25ClN4O4S2. The third-order valence-corrected chi connectivity index (χ3v) is 8.17. The smallest absolute Gasteiger partial charge is 0.242 e. The molecule has 2 atom stereocenters. The summed E-state index contributed by atoms with van der Waals surface area (Å²) >= 11 is 7.12. The third-order valence-electron chi connectivity index (χ3n) is 5.87. The summed E-state index contributed by atoms with van der Waals surface area (Å²) in [4.78, 5) is 33.8. The highest BCUT2D eigenvalue weighted by atomic mass is 35.5. The van der Waals surface area contributed by atoms with E-state index in [0.717, 1.165) is 17.4 Å². The lowest BCUT2D eigenvalue weighted by molar-refractivity contribution is -0.142. The molecule has 4 heterocycles. The largest absolute Gasteiger partial charge is 0.341 e. The maximum atomic E-state index is 12.9. The van der Waals surface area contributed by atoms with Gasteiger partial charge in [0.1, 0.15) is 6.04 Å². The Labute approximate surface area is 202 Å². The van der Waals surface area contributed by atoms with Crippen molar-refractivity contribution in [3.8, 4) is 0 Å². The fraction of sp³-hybridized carbons (Fsp3) is 0.409. The maximum absolute atomic E-state index is 12.9. The van der Waals surface area contributed by atoms with Crippen molar-refractivity contribution >= 4 is 50.9 Å². The van der Waals surface area contributed by atoms with Crippen LogP contribution in [0.15, 0.2) is 42.1 Å². The van der Waals surface area contributed by atoms with E-state index >= 15 is 0 Å². The maximum Gasteiger partial charge on any atom is 0.242 e. The lowest BCUT2D eigenvalue weighted by Gasteiger charge is -2.32. The minimum Gasteiger partial charge on any atom is -0.341 e. The number of halogens is 1. The van der Waals surface area contributed by atoms with Gasteiger partial charge < -0.3 is 9.80 Å². The van der Waals surface area contributed by atoms with E-state index in [1.165, 1.54) is 22.3 Å². The van der Waals surface area contributed by atoms with Crippen molar-refractivity contribution in [3.63, 3.8) is 0 Å². The monoisotopic (exact) mass is 508 g/mol. The van der Waals surface area contributed by atoms with Gasteiger partial charge in [0.25, 0.3) is 0 Å². The van der Waals surface area contributed by atoms with E-state index in [9.17, 15) is 18.0 Å². The van der Waals surface area contributed by atoms with E-state index in [0.29, 0.717) is 41.7 Å². The molecule has 4 rings (SSSR count). The molecule has 2 aliphatic rings. The molecule has 0 saturated carbocycles. The van der Waals surface area contributed by atoms with Crippen LogP contribution in [0, 0.1) is 0 Å². The van der Waals surface area contributed by atoms with Crippen LogP contribution in [0.4, 0.5) is 0 Å². The quantitative estimate of drug-likeness (QED) is 0.620. The fourth-order valence-corrected chi connectivity index (χ4v) is 6.23. The summed E-state index contributed by atoms with van der Waals surface area (Å²) in [5.74, 6) is -0.245. The minimum atomic E-state index is -3.82. The average molecular weight is 509 g/mol. The van der Waals surface area contributed by atoms with E-state index < -0.39 is 16.1 Å². The molecule has 0 spiro atoms. The number of amides is 2. The zero-order chi connectivity index (χ0) is 23.4. The van der Waals surface area contributed by atoms with E-state index in [4.69, 9.17) is 11.6 Å². The third kappa shape index (κ3) is 6.20. The van der Waals surface area contributed by atoms with Gasteiger partial charge in [-0.1, -0.05) is 17.7 Å². The van der Waals surface area contributed by atoms with Gasteiger partial charge in [0.15, 0.2) is 0 Å². The van der Waals surface area contributed by atoms with Gasteiger partial charge in [-0.05, 0) is 49.1 Å². The lowest BCUT2D eigenvalue weighted by Crippen LogP contribution is -2.54. The molecule has 0 aromatic carbocycles. The number of rotatable bonds is 7. The molecule has 33 heavy (non-hydrogen) atoms. The second-order valence-electron chi connectivity index (χ2n) is 8.17. The van der Waals surface area contributed by atoms with Crippen molar-refractivity contribution in [1.82, 2.24) is 19.5 Å². The Balaban J connectivity index is 1.32. The molecule has 0 aliphatic carbocycles. The van der Waals surface area contributed by atoms with Gasteiger partial charge >= 0.3 is 0 Å². The van der Waals surface area contributed by atoms with Gasteiger partial charge in [0, 0.05) is 48.2 Å². The Hall–Kier alpha value is -2.27. The molecule has 2 aromatic rings. The summed E-state index contributed by atoms with van der Waals surface area (Å²) in [7, 11) is -3.82. The summed E-state index contributed by atoms with van der Waals surface area (Å²) in [5, 5.41) is 1.04. The van der Waals surface area contributed by atoms with Crippen LogP contribution in [0.25, 0.3) is 6.08 Å². The molecule has 2 amide bonds. The number of pyridine rings is 1. The molecule has 176 valence electrons. The second-order valence-corrected chi connectivity index (χ2v) is 11.5. The first-order valence-electron chi connectivity index (χ1n) is 10.7. The average Bonchev–Trinajstić information content (AvgIpc) is 3.45. The number of piperidine rings is 1. The van der Waals surface area contributed by atoms with Gasteiger partial charge in [0.05, 0.1) is 10.9 Å². The first-order chi connectivity index (χ1) is 15.8. The summed E-state index contributed by atoms with van der Waals surface area (Å²) in [6.07, 6.45) is 6.87. The fourth-order valence-electron chi connectivity index (χ4n) is 4.16. The molecule has 0 bridgehead atoms. The van der Waals surface area contributed by atoms with Crippen LogP contribution in [-0.2, 0) is 19.6 Å². The molecule has 2 aromatic heterocycles. The van der Waals surface area contributed by atoms with E-state index in [1.54, 1.807) is 23.2 Å². The summed E-state index contributed by atoms with van der Waals surface area (Å²) in [6.45, 7) is 1.63. The first-order valence-corrected chi connectivity index (χ1v) is 13.5. The molecule has 0 radical (unpaired) electrons. The first kappa shape index (κ1) is 23.9. The number of thiophene rings is 1. The lowest BCUT2D eigenvalue weighted by atomic mass is 10.0. The molecular weight excluding hydrogens is 484 g/mol. The highest BCUT2D eigenvalue weighted by Gasteiger charge is 2.34. The Morgan fingerprint density at radius 3 is 2.85 bits per heavy atom. The zero-order valence-corrected chi connectivity index (χ0v) is 20.3. The van der Waals surface area contributed by atoms with Crippen LogP contribution in [0.2, 0.25) is 4.34 Å². The van der Waals surface area contributed by atoms with Crippen molar-refractivity contribution in [1.29, 1.82) is 0 Å². The standard InChI is InChI=1S/C22H25ClN4O4S2/c23-20-6-5-18(32-20)8-12-33(30,31)25-19-4-2-10-27(22(19)29)15-21(28)26-11-7-17(14-26)16-3-1-9-24-13-16/h1,3,5-6,8-9,12-13,17,19,25H,2,4,7,10-11,14-15H2/t17?,19-/m0/s1. The zero-order valence-electron chi connectivity index (χ0n) is 17.9. The molecule has 8 nitrogen and oxygen atoms in total. The van der Waals surface area contributed by atoms with Crippen molar-refractivity contribution < 1.29 is 18.0 Å². The Kier molecular flexibility index (Phi) is 7.48. The van der Waals surface area contributed by atoms with Crippen molar-refractivity contribution in [2.75, 3.05) is 26.2 Å². The molecule has 1 unspecified atom stereocenters. The highest BCUT2D eigenvalue weighted by molar-refractivity contribution is 7.92. The van der Waals surface area contributed by atoms with E-state index in [2.05, 4.69) is 9.71 Å². The van der Waals surface area contributed by atoms with Gasteiger partial charge in [-0.25, -0.2) is 8.42 Å². The minimum absolute atomic E-state index is 0.0413. The van der Waals surface area contributed by atoms with E-state index in [1.807, 2.05) is 18.3 Å². The number of nitrogens with zero attached hydrogens (tertiary/aromatic N) is 3. The van der Waals surface area contributed by atoms with Crippen molar-refractivity contribution in [2.24, 2.45) is 0 Å². The number of carbonyl (C=O) groups excluding carboxylic acids is 2. The van der Waals surface area contributed by atoms with Crippen LogP contribution < -0.4 is 4.72 Å². The summed E-state index contributed by atoms with van der Waals surface area (Å²) in [6, 6.07) is 6.42. The van der Waals surface area contributed by atoms with Crippen LogP contribution in [0.3, 0.4) is 0 Å². The Morgan fingerprint density at radius 2 is 2.12 bits per heavy atom. The van der Waals surface area contributed by atoms with Gasteiger partial charge in [-0.2, -0.15) is 4.72 Å². The van der Waals surface area contributed by atoms with Gasteiger partial charge in [0.2, 0.25) is 21.8 Å². The molecule has 2 saturated heterocycles. The molecule has 2 fully saturated rings. The topological polar surface area (TPSA) is 99.7 Å². The number of likely N-dealkylation sites (tertiary alicyclic amines) is 2.